The topological polar surface area (TPSA) is 70.6 Å². The van der Waals surface area contributed by atoms with Crippen LogP contribution in [-0.2, 0) is 14.6 Å². The zero-order valence-electron chi connectivity index (χ0n) is 16.9. The first-order valence-electron chi connectivity index (χ1n) is 8.98. The number of carbonyl (C=O) groups is 1. The number of halogens is 1. The molecule has 0 bridgehead atoms. The van der Waals surface area contributed by atoms with Gasteiger partial charge < -0.3 is 4.90 Å². The summed E-state index contributed by atoms with van der Waals surface area (Å²) in [6.07, 6.45) is 1.98. The van der Waals surface area contributed by atoms with Gasteiger partial charge in [0.05, 0.1) is 15.1 Å². The summed E-state index contributed by atoms with van der Waals surface area (Å²) < 4.78 is 26.4. The molecule has 1 heterocycles. The number of hydrogen-bond acceptors (Lipinski definition) is 7. The van der Waals surface area contributed by atoms with Crippen LogP contribution in [0.15, 0.2) is 58.3 Å². The quantitative estimate of drug-likeness (QED) is 0.452. The second-order valence-electron chi connectivity index (χ2n) is 6.72. The Bertz CT molecular complexity index is 1100. The summed E-state index contributed by atoms with van der Waals surface area (Å²) in [5.41, 5.74) is 0.841. The van der Waals surface area contributed by atoms with Crippen LogP contribution in [0, 0.1) is 0 Å². The molecule has 0 fully saturated rings. The zero-order chi connectivity index (χ0) is 21.0. The highest BCUT2D eigenvalue weighted by molar-refractivity contribution is 7.98. The van der Waals surface area contributed by atoms with Crippen molar-refractivity contribution in [2.24, 2.45) is 0 Å². The fourth-order valence-electron chi connectivity index (χ4n) is 2.77. The Hall–Kier alpha value is -1.65. The number of benzene rings is 2. The lowest BCUT2D eigenvalue weighted by molar-refractivity contribution is -0.116. The van der Waals surface area contributed by atoms with E-state index in [0.717, 1.165) is 15.1 Å². The van der Waals surface area contributed by atoms with Crippen molar-refractivity contribution in [3.63, 3.8) is 0 Å². The van der Waals surface area contributed by atoms with Gasteiger partial charge in [-0.3, -0.25) is 9.69 Å². The number of sulfone groups is 1. The highest BCUT2D eigenvalue weighted by atomic mass is 35.5. The van der Waals surface area contributed by atoms with E-state index in [1.807, 2.05) is 43.5 Å². The number of thiazole rings is 1. The summed E-state index contributed by atoms with van der Waals surface area (Å²) in [6, 6.07) is 14.0. The van der Waals surface area contributed by atoms with Crippen LogP contribution < -0.4 is 4.90 Å². The van der Waals surface area contributed by atoms with E-state index in [9.17, 15) is 13.2 Å². The average Bonchev–Trinajstić information content (AvgIpc) is 3.12. The second kappa shape index (κ2) is 10.6. The van der Waals surface area contributed by atoms with Crippen LogP contribution in [0.2, 0.25) is 0 Å². The first-order chi connectivity index (χ1) is 13.8. The monoisotopic (exact) mass is 485 g/mol. The number of thioether (sulfide) groups is 1. The predicted molar refractivity (Wildman–Crippen MR) is 128 cm³/mol. The van der Waals surface area contributed by atoms with Gasteiger partial charge >= 0.3 is 0 Å². The van der Waals surface area contributed by atoms with Gasteiger partial charge in [-0.2, -0.15) is 0 Å². The van der Waals surface area contributed by atoms with E-state index in [1.54, 1.807) is 30.0 Å². The van der Waals surface area contributed by atoms with Gasteiger partial charge in [-0.25, -0.2) is 13.4 Å². The van der Waals surface area contributed by atoms with Crippen molar-refractivity contribution in [1.82, 2.24) is 9.88 Å². The summed E-state index contributed by atoms with van der Waals surface area (Å²) in [6.45, 7) is 0.965. The number of carbonyl (C=O) groups excluding carboxylic acids is 1. The number of likely N-dealkylation sites (N-methyl/N-ethyl adjacent to an activating group) is 1. The minimum absolute atomic E-state index is 0. The van der Waals surface area contributed by atoms with Gasteiger partial charge in [0, 0.05) is 18.0 Å². The molecular formula is C20H24ClN3O3S3. The van der Waals surface area contributed by atoms with Crippen LogP contribution in [0.3, 0.4) is 0 Å². The Balaban J connectivity index is 0.00000320. The molecular weight excluding hydrogens is 462 g/mol. The van der Waals surface area contributed by atoms with Gasteiger partial charge in [0.15, 0.2) is 15.0 Å². The average molecular weight is 486 g/mol. The van der Waals surface area contributed by atoms with Crippen molar-refractivity contribution in [3.05, 3.63) is 48.5 Å². The van der Waals surface area contributed by atoms with E-state index < -0.39 is 21.5 Å². The molecule has 6 nitrogen and oxygen atoms in total. The van der Waals surface area contributed by atoms with Gasteiger partial charge in [-0.05, 0) is 44.6 Å². The van der Waals surface area contributed by atoms with Crippen LogP contribution in [0.5, 0.6) is 0 Å². The van der Waals surface area contributed by atoms with E-state index >= 15 is 0 Å². The molecule has 0 aliphatic rings. The second-order valence-corrected chi connectivity index (χ2v) is 10.6. The molecule has 3 rings (SSSR count). The fraction of sp³-hybridized carbons (Fsp3) is 0.300. The van der Waals surface area contributed by atoms with Crippen LogP contribution in [0.4, 0.5) is 5.13 Å². The molecule has 0 N–H and O–H groups in total. The molecule has 162 valence electrons. The Labute approximate surface area is 191 Å². The molecule has 30 heavy (non-hydrogen) atoms. The lowest BCUT2D eigenvalue weighted by Crippen LogP contribution is -2.40. The molecule has 0 aliphatic carbocycles. The van der Waals surface area contributed by atoms with E-state index in [1.165, 1.54) is 28.4 Å². The lowest BCUT2D eigenvalue weighted by atomic mass is 10.3. The summed E-state index contributed by atoms with van der Waals surface area (Å²) in [5.74, 6) is -1.06. The molecule has 1 aromatic heterocycles. The van der Waals surface area contributed by atoms with Gasteiger partial charge in [0.25, 0.3) is 0 Å². The minimum Gasteiger partial charge on any atom is -0.308 e. The third-order valence-corrected chi connectivity index (χ3v) is 7.74. The van der Waals surface area contributed by atoms with Gasteiger partial charge in [-0.1, -0.05) is 35.6 Å². The number of fused-ring (bicyclic) bond motifs is 1. The highest BCUT2D eigenvalue weighted by Crippen LogP contribution is 2.34. The van der Waals surface area contributed by atoms with Crippen LogP contribution in [-0.4, -0.2) is 63.4 Å². The number of para-hydroxylation sites is 1. The van der Waals surface area contributed by atoms with Crippen LogP contribution in [0.1, 0.15) is 0 Å². The largest absolute Gasteiger partial charge is 0.308 e. The molecule has 0 spiro atoms. The molecule has 0 radical (unpaired) electrons. The zero-order valence-corrected chi connectivity index (χ0v) is 20.2. The van der Waals surface area contributed by atoms with Gasteiger partial charge in [0.1, 0.15) is 5.75 Å². The SMILES string of the molecule is CSc1cccc2sc(N(CCN(C)C)C(=O)CS(=O)(=O)c3ccccc3)nc12.Cl. The molecule has 2 aromatic carbocycles. The standard InChI is InChI=1S/C20H23N3O3S3.ClH/c1-22(2)12-13-23(18(24)14-29(25,26)15-8-5-4-6-9-15)20-21-19-16(27-3)10-7-11-17(19)28-20;/h4-11H,12-14H2,1-3H3;1H. The normalized spacial score (nSPS) is 11.5. The minimum atomic E-state index is -3.73. The molecule has 0 atom stereocenters. The molecule has 10 heteroatoms. The number of rotatable bonds is 8. The Morgan fingerprint density at radius 2 is 1.77 bits per heavy atom. The maximum atomic E-state index is 13.1. The third-order valence-electron chi connectivity index (χ3n) is 4.31. The Morgan fingerprint density at radius 3 is 2.40 bits per heavy atom. The summed E-state index contributed by atoms with van der Waals surface area (Å²) in [7, 11) is 0.0945. The smallest absolute Gasteiger partial charge is 0.244 e. The summed E-state index contributed by atoms with van der Waals surface area (Å²) in [4.78, 5) is 22.4. The molecule has 1 amide bonds. The number of hydrogen-bond donors (Lipinski definition) is 0. The first kappa shape index (κ1) is 24.6. The van der Waals surface area contributed by atoms with E-state index in [2.05, 4.69) is 4.98 Å². The maximum absolute atomic E-state index is 13.1. The van der Waals surface area contributed by atoms with E-state index in [-0.39, 0.29) is 17.3 Å². The molecule has 0 aliphatic heterocycles. The lowest BCUT2D eigenvalue weighted by Gasteiger charge is -2.22. The van der Waals surface area contributed by atoms with Gasteiger partial charge in [0.2, 0.25) is 5.91 Å². The highest BCUT2D eigenvalue weighted by Gasteiger charge is 2.26. The number of nitrogens with zero attached hydrogens (tertiary/aromatic N) is 3. The first-order valence-corrected chi connectivity index (χ1v) is 12.7. The van der Waals surface area contributed by atoms with E-state index in [4.69, 9.17) is 0 Å². The maximum Gasteiger partial charge on any atom is 0.244 e. The van der Waals surface area contributed by atoms with E-state index in [0.29, 0.717) is 18.2 Å². The molecule has 0 saturated heterocycles. The van der Waals surface area contributed by atoms with Crippen LogP contribution in [0.25, 0.3) is 10.2 Å². The Morgan fingerprint density at radius 1 is 1.07 bits per heavy atom. The summed E-state index contributed by atoms with van der Waals surface area (Å²) in [5, 5.41) is 0.525. The predicted octanol–water partition coefficient (Wildman–Crippen LogP) is 3.81. The van der Waals surface area contributed by atoms with Crippen molar-refractivity contribution >= 4 is 66.6 Å². The number of anilines is 1. The summed E-state index contributed by atoms with van der Waals surface area (Å²) >= 11 is 3.00. The fourth-order valence-corrected chi connectivity index (χ4v) is 5.65. The van der Waals surface area contributed by atoms with Gasteiger partial charge in [-0.15, -0.1) is 24.2 Å². The number of amides is 1. The molecule has 0 unspecified atom stereocenters. The van der Waals surface area contributed by atoms with Crippen molar-refractivity contribution in [2.45, 2.75) is 9.79 Å². The molecule has 3 aromatic rings. The van der Waals surface area contributed by atoms with Crippen molar-refractivity contribution in [1.29, 1.82) is 0 Å². The van der Waals surface area contributed by atoms with Crippen molar-refractivity contribution < 1.29 is 13.2 Å². The molecule has 0 saturated carbocycles. The van der Waals surface area contributed by atoms with Crippen LogP contribution >= 0.6 is 35.5 Å². The van der Waals surface area contributed by atoms with Crippen molar-refractivity contribution in [2.75, 3.05) is 44.1 Å². The third kappa shape index (κ3) is 5.73. The van der Waals surface area contributed by atoms with Crippen molar-refractivity contribution in [3.8, 4) is 0 Å². The Kier molecular flexibility index (Phi) is 8.69. The number of aromatic nitrogens is 1.